The van der Waals surface area contributed by atoms with Crippen LogP contribution in [0.15, 0.2) is 34.9 Å². The van der Waals surface area contributed by atoms with Crippen LogP contribution in [0.25, 0.3) is 0 Å². The first kappa shape index (κ1) is 22.0. The zero-order valence-electron chi connectivity index (χ0n) is 18.8. The van der Waals surface area contributed by atoms with Gasteiger partial charge in [-0.05, 0) is 80.9 Å². The third-order valence-electron chi connectivity index (χ3n) is 8.42. The molecule has 4 aliphatic carbocycles. The van der Waals surface area contributed by atoms with Crippen LogP contribution in [-0.2, 0) is 19.1 Å². The van der Waals surface area contributed by atoms with Crippen molar-refractivity contribution in [3.8, 4) is 0 Å². The van der Waals surface area contributed by atoms with Crippen molar-refractivity contribution >= 4 is 17.7 Å². The first-order valence-corrected chi connectivity index (χ1v) is 11.3. The highest BCUT2D eigenvalue weighted by molar-refractivity contribution is 6.01. The van der Waals surface area contributed by atoms with E-state index in [0.29, 0.717) is 23.3 Å². The number of aliphatic hydroxyl groups is 1. The van der Waals surface area contributed by atoms with E-state index in [9.17, 15) is 19.5 Å². The number of hydrogen-bond donors (Lipinski definition) is 1. The van der Waals surface area contributed by atoms with Crippen LogP contribution in [0.4, 0.5) is 4.79 Å². The Balaban J connectivity index is 1.63. The highest BCUT2D eigenvalue weighted by atomic mass is 16.7. The number of ether oxygens (including phenoxy) is 2. The maximum Gasteiger partial charge on any atom is 0.508 e. The maximum atomic E-state index is 13.0. The molecule has 0 bridgehead atoms. The van der Waals surface area contributed by atoms with Gasteiger partial charge in [0, 0.05) is 5.41 Å². The Hall–Kier alpha value is -2.21. The van der Waals surface area contributed by atoms with Crippen LogP contribution in [0.2, 0.25) is 0 Å². The molecule has 168 valence electrons. The average molecular weight is 429 g/mol. The number of fused-ring (bicyclic) bond motifs is 5. The molecule has 2 saturated carbocycles. The Labute approximate surface area is 183 Å². The predicted molar refractivity (Wildman–Crippen MR) is 114 cm³/mol. The Bertz CT molecular complexity index is 911. The molecule has 0 saturated heterocycles. The van der Waals surface area contributed by atoms with Crippen molar-refractivity contribution in [2.24, 2.45) is 29.1 Å². The SMILES string of the molecule is CCOC(=O)OCC(=O)[C@]1(O)C(C)=C2C[C@H]3[C@@H](CCC4=CC(=O)C=C[C@@]43C)[C@@H]2C[C@@H]1C. The van der Waals surface area contributed by atoms with Gasteiger partial charge < -0.3 is 14.6 Å². The minimum atomic E-state index is -1.64. The Morgan fingerprint density at radius 2 is 2.03 bits per heavy atom. The van der Waals surface area contributed by atoms with Crippen LogP contribution in [-0.4, -0.2) is 41.6 Å². The molecule has 0 aliphatic heterocycles. The van der Waals surface area contributed by atoms with E-state index < -0.39 is 24.1 Å². The van der Waals surface area contributed by atoms with E-state index in [1.165, 1.54) is 11.1 Å². The predicted octanol–water partition coefficient (Wildman–Crippen LogP) is 3.93. The van der Waals surface area contributed by atoms with Gasteiger partial charge in [0.15, 0.2) is 12.4 Å². The molecule has 6 nitrogen and oxygen atoms in total. The molecule has 6 heteroatoms. The summed E-state index contributed by atoms with van der Waals surface area (Å²) in [5.41, 5.74) is 1.31. The second-order valence-corrected chi connectivity index (χ2v) is 9.76. The Morgan fingerprint density at radius 3 is 2.74 bits per heavy atom. The molecule has 6 atom stereocenters. The van der Waals surface area contributed by atoms with Crippen molar-refractivity contribution in [2.75, 3.05) is 13.2 Å². The number of Topliss-reactive ketones (excluding diaryl/α,β-unsaturated/α-hetero) is 1. The summed E-state index contributed by atoms with van der Waals surface area (Å²) in [7, 11) is 0. The van der Waals surface area contributed by atoms with Crippen LogP contribution < -0.4 is 0 Å². The van der Waals surface area contributed by atoms with Gasteiger partial charge in [0.05, 0.1) is 6.61 Å². The molecule has 2 fully saturated rings. The first-order chi connectivity index (χ1) is 14.6. The van der Waals surface area contributed by atoms with Gasteiger partial charge in [-0.15, -0.1) is 0 Å². The molecular weight excluding hydrogens is 396 g/mol. The highest BCUT2D eigenvalue weighted by Gasteiger charge is 2.57. The summed E-state index contributed by atoms with van der Waals surface area (Å²) in [4.78, 5) is 36.4. The van der Waals surface area contributed by atoms with E-state index in [0.717, 1.165) is 25.7 Å². The topological polar surface area (TPSA) is 89.9 Å². The number of carbonyl (C=O) groups is 3. The fourth-order valence-electron chi connectivity index (χ4n) is 6.69. The summed E-state index contributed by atoms with van der Waals surface area (Å²) < 4.78 is 9.65. The third-order valence-corrected chi connectivity index (χ3v) is 8.42. The van der Waals surface area contributed by atoms with Crippen LogP contribution in [0, 0.1) is 29.1 Å². The van der Waals surface area contributed by atoms with Crippen molar-refractivity contribution in [3.05, 3.63) is 34.9 Å². The standard InChI is InChI=1S/C25H32O6/c1-5-30-23(28)31-13-22(27)25(29)14(2)10-20-18-7-6-16-11-17(26)8-9-24(16,4)21(18)12-19(20)15(25)3/h8-9,11,14,18,20-21,29H,5-7,10,12-13H2,1-4H3/t14-,18-,20-,21-,24-,25+/m0/s1. The first-order valence-electron chi connectivity index (χ1n) is 11.3. The molecule has 0 radical (unpaired) electrons. The van der Waals surface area contributed by atoms with Crippen molar-refractivity contribution in [1.82, 2.24) is 0 Å². The van der Waals surface area contributed by atoms with Crippen molar-refractivity contribution < 1.29 is 29.0 Å². The summed E-state index contributed by atoms with van der Waals surface area (Å²) in [6, 6.07) is 0. The largest absolute Gasteiger partial charge is 0.508 e. The molecule has 0 spiro atoms. The molecule has 0 amide bonds. The quantitative estimate of drug-likeness (QED) is 0.539. The normalized spacial score (nSPS) is 38.7. The number of carbonyl (C=O) groups excluding carboxylic acids is 3. The van der Waals surface area contributed by atoms with Crippen molar-refractivity contribution in [3.63, 3.8) is 0 Å². The molecule has 1 N–H and O–H groups in total. The number of allylic oxidation sites excluding steroid dienone is 5. The van der Waals surface area contributed by atoms with E-state index in [1.807, 2.05) is 13.8 Å². The Kier molecular flexibility index (Phi) is 5.49. The zero-order valence-corrected chi connectivity index (χ0v) is 18.8. The van der Waals surface area contributed by atoms with Crippen LogP contribution in [0.5, 0.6) is 0 Å². The Morgan fingerprint density at radius 1 is 1.29 bits per heavy atom. The lowest BCUT2D eigenvalue weighted by Crippen LogP contribution is -2.51. The van der Waals surface area contributed by atoms with E-state index in [4.69, 9.17) is 9.47 Å². The lowest BCUT2D eigenvalue weighted by molar-refractivity contribution is -0.143. The minimum Gasteiger partial charge on any atom is -0.435 e. The molecule has 31 heavy (non-hydrogen) atoms. The summed E-state index contributed by atoms with van der Waals surface area (Å²) in [6.45, 7) is 7.31. The summed E-state index contributed by atoms with van der Waals surface area (Å²) in [5.74, 6) is 0.457. The molecule has 0 heterocycles. The zero-order chi connectivity index (χ0) is 22.6. The molecule has 0 aromatic heterocycles. The van der Waals surface area contributed by atoms with E-state index in [2.05, 4.69) is 13.0 Å². The van der Waals surface area contributed by atoms with E-state index in [-0.39, 0.29) is 23.7 Å². The van der Waals surface area contributed by atoms with Gasteiger partial charge in [-0.3, -0.25) is 9.59 Å². The third kappa shape index (κ3) is 3.30. The molecule has 4 aliphatic rings. The molecule has 0 unspecified atom stereocenters. The van der Waals surface area contributed by atoms with Gasteiger partial charge in [-0.25, -0.2) is 4.79 Å². The van der Waals surface area contributed by atoms with Gasteiger partial charge in [0.2, 0.25) is 5.78 Å². The monoisotopic (exact) mass is 428 g/mol. The van der Waals surface area contributed by atoms with Gasteiger partial charge in [-0.2, -0.15) is 0 Å². The number of rotatable bonds is 4. The minimum absolute atomic E-state index is 0.0620. The lowest BCUT2D eigenvalue weighted by Gasteiger charge is -2.46. The van der Waals surface area contributed by atoms with Gasteiger partial charge in [-0.1, -0.05) is 31.1 Å². The maximum absolute atomic E-state index is 13.0. The average Bonchev–Trinajstić information content (AvgIpc) is 3.11. The highest BCUT2D eigenvalue weighted by Crippen LogP contribution is 2.63. The molecule has 4 rings (SSSR count). The van der Waals surface area contributed by atoms with Crippen molar-refractivity contribution in [1.29, 1.82) is 0 Å². The van der Waals surface area contributed by atoms with E-state index >= 15 is 0 Å². The molecule has 0 aromatic carbocycles. The fraction of sp³-hybridized carbons (Fsp3) is 0.640. The van der Waals surface area contributed by atoms with Crippen LogP contribution in [0.3, 0.4) is 0 Å². The smallest absolute Gasteiger partial charge is 0.435 e. The summed E-state index contributed by atoms with van der Waals surface area (Å²) >= 11 is 0. The van der Waals surface area contributed by atoms with Crippen LogP contribution in [0.1, 0.15) is 53.4 Å². The van der Waals surface area contributed by atoms with E-state index in [1.54, 1.807) is 19.1 Å². The molecule has 0 aromatic rings. The second-order valence-electron chi connectivity index (χ2n) is 9.76. The summed E-state index contributed by atoms with van der Waals surface area (Å²) in [5, 5.41) is 11.5. The lowest BCUT2D eigenvalue weighted by atomic mass is 9.58. The van der Waals surface area contributed by atoms with Crippen LogP contribution >= 0.6 is 0 Å². The fourth-order valence-corrected chi connectivity index (χ4v) is 6.69. The second kappa shape index (κ2) is 7.73. The van der Waals surface area contributed by atoms with Gasteiger partial charge in [0.1, 0.15) is 5.60 Å². The number of ketones is 2. The van der Waals surface area contributed by atoms with Gasteiger partial charge >= 0.3 is 6.16 Å². The van der Waals surface area contributed by atoms with Gasteiger partial charge in [0.25, 0.3) is 0 Å². The van der Waals surface area contributed by atoms with Crippen molar-refractivity contribution in [2.45, 2.75) is 59.0 Å². The summed E-state index contributed by atoms with van der Waals surface area (Å²) in [6.07, 6.45) is 8.15. The number of hydrogen-bond acceptors (Lipinski definition) is 6. The molecular formula is C25H32O6.